The lowest BCUT2D eigenvalue weighted by Crippen LogP contribution is -1.94. The Morgan fingerprint density at radius 3 is 1.71 bits per heavy atom. The van der Waals surface area contributed by atoms with Crippen LogP contribution in [0.4, 0.5) is 0 Å². The van der Waals surface area contributed by atoms with Gasteiger partial charge in [0, 0.05) is 22.5 Å². The molecule has 2 nitrogen and oxygen atoms in total. The molecule has 42 heavy (non-hydrogen) atoms. The summed E-state index contributed by atoms with van der Waals surface area (Å²) in [5.74, 6) is 0. The van der Waals surface area contributed by atoms with Crippen molar-refractivity contribution < 1.29 is 0 Å². The van der Waals surface area contributed by atoms with Gasteiger partial charge >= 0.3 is 0 Å². The van der Waals surface area contributed by atoms with Gasteiger partial charge in [0.15, 0.2) is 0 Å². The van der Waals surface area contributed by atoms with Crippen LogP contribution in [0.2, 0.25) is 0 Å². The van der Waals surface area contributed by atoms with Crippen LogP contribution in [-0.2, 0) is 0 Å². The van der Waals surface area contributed by atoms with E-state index in [2.05, 4.69) is 135 Å². The number of nitrogens with zero attached hydrogens (tertiary/aromatic N) is 2. The molecule has 0 atom stereocenters. The first-order valence-electron chi connectivity index (χ1n) is 14.4. The van der Waals surface area contributed by atoms with Crippen molar-refractivity contribution in [1.29, 1.82) is 0 Å². The molecule has 0 saturated carbocycles. The number of rotatable bonds is 3. The van der Waals surface area contributed by atoms with Gasteiger partial charge in [0.2, 0.25) is 0 Å². The van der Waals surface area contributed by atoms with Gasteiger partial charge in [0.25, 0.3) is 0 Å². The van der Waals surface area contributed by atoms with E-state index in [4.69, 9.17) is 9.97 Å². The quantitative estimate of drug-likeness (QED) is 0.210. The molecule has 2 heteroatoms. The summed E-state index contributed by atoms with van der Waals surface area (Å²) in [7, 11) is 0. The van der Waals surface area contributed by atoms with Crippen LogP contribution in [0.25, 0.3) is 76.9 Å². The van der Waals surface area contributed by atoms with E-state index >= 15 is 0 Å². The third kappa shape index (κ3) is 3.80. The van der Waals surface area contributed by atoms with Crippen LogP contribution in [0.15, 0.2) is 134 Å². The Morgan fingerprint density at radius 1 is 0.405 bits per heavy atom. The second kappa shape index (κ2) is 9.64. The van der Waals surface area contributed by atoms with Crippen LogP contribution in [0.5, 0.6) is 0 Å². The van der Waals surface area contributed by atoms with E-state index < -0.39 is 0 Å². The molecule has 0 spiro atoms. The van der Waals surface area contributed by atoms with Crippen molar-refractivity contribution in [3.63, 3.8) is 0 Å². The zero-order valence-corrected chi connectivity index (χ0v) is 23.6. The lowest BCUT2D eigenvalue weighted by atomic mass is 9.92. The first-order valence-corrected chi connectivity index (χ1v) is 14.4. The van der Waals surface area contributed by atoms with Crippen LogP contribution in [0, 0.1) is 13.8 Å². The fraction of sp³-hybridized carbons (Fsp3) is 0.0500. The smallest absolute Gasteiger partial charge is 0.0974 e. The average Bonchev–Trinajstić information content (AvgIpc) is 3.06. The predicted octanol–water partition coefficient (Wildman–Crippen LogP) is 10.7. The minimum absolute atomic E-state index is 0.961. The Morgan fingerprint density at radius 2 is 0.952 bits per heavy atom. The number of benzene rings is 6. The highest BCUT2D eigenvalue weighted by molar-refractivity contribution is 6.09. The van der Waals surface area contributed by atoms with Gasteiger partial charge in [-0.3, -0.25) is 4.98 Å². The second-order valence-corrected chi connectivity index (χ2v) is 11.1. The molecule has 0 aliphatic carbocycles. The van der Waals surface area contributed by atoms with Crippen LogP contribution >= 0.6 is 0 Å². The van der Waals surface area contributed by atoms with E-state index in [1.54, 1.807) is 0 Å². The van der Waals surface area contributed by atoms with E-state index in [1.165, 1.54) is 60.3 Å². The van der Waals surface area contributed by atoms with Crippen molar-refractivity contribution in [3.8, 4) is 33.5 Å². The topological polar surface area (TPSA) is 25.8 Å². The summed E-state index contributed by atoms with van der Waals surface area (Å²) in [6.45, 7) is 4.36. The molecule has 0 aliphatic heterocycles. The summed E-state index contributed by atoms with van der Waals surface area (Å²) < 4.78 is 0. The molecule has 0 saturated heterocycles. The Kier molecular flexibility index (Phi) is 5.61. The molecule has 2 aromatic heterocycles. The normalized spacial score (nSPS) is 11.6. The molecule has 2 heterocycles. The van der Waals surface area contributed by atoms with Gasteiger partial charge in [-0.05, 0) is 80.9 Å². The van der Waals surface area contributed by atoms with Crippen molar-refractivity contribution >= 4 is 43.4 Å². The third-order valence-corrected chi connectivity index (χ3v) is 8.79. The SMILES string of the molecule is Cc1c(C)c2ccc(-c3cccc4c(-c5ccc(-c6cccc7ccccc67)cc5)cccc34)nc2c2ncccc12. The zero-order valence-electron chi connectivity index (χ0n) is 23.6. The monoisotopic (exact) mass is 536 g/mol. The molecule has 0 N–H and O–H groups in total. The van der Waals surface area contributed by atoms with E-state index in [1.807, 2.05) is 12.3 Å². The Balaban J connectivity index is 1.25. The first-order chi connectivity index (χ1) is 20.7. The second-order valence-electron chi connectivity index (χ2n) is 11.1. The van der Waals surface area contributed by atoms with Crippen molar-refractivity contribution in [1.82, 2.24) is 9.97 Å². The molecule has 198 valence electrons. The highest BCUT2D eigenvalue weighted by atomic mass is 14.8. The predicted molar refractivity (Wildman–Crippen MR) is 178 cm³/mol. The van der Waals surface area contributed by atoms with E-state index in [9.17, 15) is 0 Å². The molecular weight excluding hydrogens is 508 g/mol. The van der Waals surface area contributed by atoms with Gasteiger partial charge in [-0.15, -0.1) is 0 Å². The van der Waals surface area contributed by atoms with Crippen molar-refractivity contribution in [2.45, 2.75) is 13.8 Å². The van der Waals surface area contributed by atoms with Gasteiger partial charge in [-0.1, -0.05) is 115 Å². The number of hydrogen-bond donors (Lipinski definition) is 0. The van der Waals surface area contributed by atoms with Crippen molar-refractivity contribution in [3.05, 3.63) is 145 Å². The van der Waals surface area contributed by atoms with Gasteiger partial charge in [0.05, 0.1) is 16.7 Å². The summed E-state index contributed by atoms with van der Waals surface area (Å²) in [5.41, 5.74) is 11.5. The summed E-state index contributed by atoms with van der Waals surface area (Å²) in [5, 5.41) is 7.28. The maximum Gasteiger partial charge on any atom is 0.0974 e. The van der Waals surface area contributed by atoms with E-state index in [0.717, 1.165) is 27.7 Å². The van der Waals surface area contributed by atoms with Crippen molar-refractivity contribution in [2.75, 3.05) is 0 Å². The Hall–Kier alpha value is -5.34. The summed E-state index contributed by atoms with van der Waals surface area (Å²) >= 11 is 0. The maximum atomic E-state index is 5.24. The van der Waals surface area contributed by atoms with Crippen LogP contribution in [0.1, 0.15) is 11.1 Å². The number of fused-ring (bicyclic) bond motifs is 5. The first kappa shape index (κ1) is 24.5. The standard InChI is InChI=1S/C40H28N2/c1-25-26(2)31-22-23-38(42-40(31)39-30(25)17-8-24-41-39)37-16-7-14-35-34(13-6-15-36(35)37)29-20-18-28(19-21-29)33-12-5-10-27-9-3-4-11-32(27)33/h3-24H,1-2H3. The van der Waals surface area contributed by atoms with Gasteiger partial charge < -0.3 is 0 Å². The number of aryl methyl sites for hydroxylation is 2. The van der Waals surface area contributed by atoms with E-state index in [-0.39, 0.29) is 0 Å². The minimum atomic E-state index is 0.961. The maximum absolute atomic E-state index is 5.24. The van der Waals surface area contributed by atoms with Crippen LogP contribution in [0.3, 0.4) is 0 Å². The largest absolute Gasteiger partial charge is 0.254 e. The lowest BCUT2D eigenvalue weighted by molar-refractivity contribution is 1.33. The molecule has 0 radical (unpaired) electrons. The fourth-order valence-corrected chi connectivity index (χ4v) is 6.48. The molecular formula is C40H28N2. The molecule has 0 fully saturated rings. The molecule has 0 amide bonds. The van der Waals surface area contributed by atoms with Crippen LogP contribution in [-0.4, -0.2) is 9.97 Å². The number of pyridine rings is 2. The summed E-state index contributed by atoms with van der Waals surface area (Å²) in [6.07, 6.45) is 1.86. The average molecular weight is 537 g/mol. The molecule has 0 aliphatic rings. The lowest BCUT2D eigenvalue weighted by Gasteiger charge is -2.14. The van der Waals surface area contributed by atoms with Gasteiger partial charge in [-0.25, -0.2) is 4.98 Å². The zero-order chi connectivity index (χ0) is 28.2. The molecule has 8 rings (SSSR count). The van der Waals surface area contributed by atoms with E-state index in [0.29, 0.717) is 0 Å². The number of aromatic nitrogens is 2. The molecule has 0 bridgehead atoms. The molecule has 8 aromatic rings. The summed E-state index contributed by atoms with van der Waals surface area (Å²) in [4.78, 5) is 9.98. The van der Waals surface area contributed by atoms with Crippen LogP contribution < -0.4 is 0 Å². The number of hydrogen-bond acceptors (Lipinski definition) is 2. The summed E-state index contributed by atoms with van der Waals surface area (Å²) in [6, 6.07) is 45.7. The third-order valence-electron chi connectivity index (χ3n) is 8.79. The van der Waals surface area contributed by atoms with Crippen molar-refractivity contribution in [2.24, 2.45) is 0 Å². The highest BCUT2D eigenvalue weighted by Crippen LogP contribution is 2.37. The highest BCUT2D eigenvalue weighted by Gasteiger charge is 2.14. The van der Waals surface area contributed by atoms with Gasteiger partial charge in [0.1, 0.15) is 0 Å². The molecule has 0 unspecified atom stereocenters. The fourth-order valence-electron chi connectivity index (χ4n) is 6.48. The minimum Gasteiger partial charge on any atom is -0.254 e. The van der Waals surface area contributed by atoms with Gasteiger partial charge in [-0.2, -0.15) is 0 Å². The Bertz CT molecular complexity index is 2310. The Labute approximate surface area is 244 Å². The molecule has 6 aromatic carbocycles.